The van der Waals surface area contributed by atoms with Crippen LogP contribution < -0.4 is 20.7 Å². The molecule has 2 aromatic heterocycles. The minimum Gasteiger partial charge on any atom is -0.490 e. The van der Waals surface area contributed by atoms with Crippen LogP contribution in [0.25, 0.3) is 32.6 Å². The number of halogens is 1. The molecule has 1 aliphatic rings. The van der Waals surface area contributed by atoms with Gasteiger partial charge in [0.2, 0.25) is 5.91 Å². The number of hydrogen-bond acceptors (Lipinski definition) is 9. The van der Waals surface area contributed by atoms with E-state index in [1.54, 1.807) is 17.4 Å². The molecule has 0 bridgehead atoms. The second-order valence-electron chi connectivity index (χ2n) is 9.63. The quantitative estimate of drug-likeness (QED) is 0.153. The fourth-order valence-corrected chi connectivity index (χ4v) is 5.58. The van der Waals surface area contributed by atoms with E-state index in [0.717, 1.165) is 46.9 Å². The Morgan fingerprint density at radius 1 is 1.00 bits per heavy atom. The predicted molar refractivity (Wildman–Crippen MR) is 163 cm³/mol. The van der Waals surface area contributed by atoms with Crippen LogP contribution in [0, 0.1) is 5.82 Å². The lowest BCUT2D eigenvalue weighted by Crippen LogP contribution is -2.32. The van der Waals surface area contributed by atoms with E-state index < -0.39 is 11.9 Å². The lowest BCUT2D eigenvalue weighted by atomic mass is 9.96. The number of amides is 2. The smallest absolute Gasteiger partial charge is 0.407 e. The second kappa shape index (κ2) is 14.7. The van der Waals surface area contributed by atoms with Crippen molar-refractivity contribution in [2.24, 2.45) is 0 Å². The largest absolute Gasteiger partial charge is 0.490 e. The highest BCUT2D eigenvalue weighted by atomic mass is 32.1. The number of nitrogens with zero attached hydrogens (tertiary/aromatic N) is 2. The zero-order valence-corrected chi connectivity index (χ0v) is 24.3. The van der Waals surface area contributed by atoms with E-state index in [0.29, 0.717) is 17.0 Å². The van der Waals surface area contributed by atoms with Crippen LogP contribution in [0.4, 0.5) is 9.18 Å². The van der Waals surface area contributed by atoms with Crippen molar-refractivity contribution in [1.82, 2.24) is 26.1 Å². The summed E-state index contributed by atoms with van der Waals surface area (Å²) >= 11 is 1.55. The molecule has 0 saturated heterocycles. The lowest BCUT2D eigenvalue weighted by molar-refractivity contribution is -0.116. The molecule has 0 unspecified atom stereocenters. The van der Waals surface area contributed by atoms with Crippen molar-refractivity contribution in [3.63, 3.8) is 0 Å². The van der Waals surface area contributed by atoms with E-state index in [9.17, 15) is 14.0 Å². The van der Waals surface area contributed by atoms with Gasteiger partial charge in [0.25, 0.3) is 0 Å². The number of aromatic nitrogens is 2. The number of ether oxygens (including phenoxy) is 3. The average Bonchev–Trinajstić information content (AvgIpc) is 3.52. The molecule has 224 valence electrons. The van der Waals surface area contributed by atoms with Gasteiger partial charge in [0.05, 0.1) is 24.5 Å². The molecule has 0 aliphatic carbocycles. The first-order valence-corrected chi connectivity index (χ1v) is 14.8. The van der Waals surface area contributed by atoms with Crippen molar-refractivity contribution in [3.8, 4) is 28.3 Å². The summed E-state index contributed by atoms with van der Waals surface area (Å²) in [6, 6.07) is 12.8. The number of carbonyl (C=O) groups is 2. The van der Waals surface area contributed by atoms with Gasteiger partial charge in [0.15, 0.2) is 0 Å². The highest BCUT2D eigenvalue weighted by Crippen LogP contribution is 2.39. The SMILES string of the molecule is C=CC(=O)NCCOC(=O)NCCOCCOc1cc(F)ccc1-c1nnc(-c2ccc3c(c2)CCNC3)c2ccsc12. The van der Waals surface area contributed by atoms with Crippen molar-refractivity contribution in [3.05, 3.63) is 77.4 Å². The maximum atomic E-state index is 14.2. The number of thiophene rings is 1. The summed E-state index contributed by atoms with van der Waals surface area (Å²) in [5.74, 6) is -0.427. The summed E-state index contributed by atoms with van der Waals surface area (Å²) < 4.78 is 31.6. The summed E-state index contributed by atoms with van der Waals surface area (Å²) in [7, 11) is 0. The zero-order valence-electron chi connectivity index (χ0n) is 23.5. The zero-order chi connectivity index (χ0) is 30.0. The number of carbonyl (C=O) groups excluding carboxylic acids is 2. The van der Waals surface area contributed by atoms with E-state index >= 15 is 0 Å². The normalized spacial score (nSPS) is 12.4. The van der Waals surface area contributed by atoms with Gasteiger partial charge >= 0.3 is 6.09 Å². The summed E-state index contributed by atoms with van der Waals surface area (Å²) in [6.45, 7) is 6.22. The summed E-state index contributed by atoms with van der Waals surface area (Å²) in [5, 5.41) is 20.6. The molecule has 12 heteroatoms. The van der Waals surface area contributed by atoms with Crippen LogP contribution in [0.3, 0.4) is 0 Å². The molecule has 5 rings (SSSR count). The standard InChI is InChI=1S/C31H32FN5O5S/c1-2-27(38)34-11-13-42-31(39)35-10-12-40-14-15-41-26-18-23(32)5-6-24(26)29-30-25(8-16-43-30)28(36-37-29)21-3-4-22-19-33-9-7-20(22)17-21/h2-6,8,16-18,33H,1,7,9-15,19H2,(H,34,38)(H,35,39). The van der Waals surface area contributed by atoms with Crippen LogP contribution in [-0.2, 0) is 27.2 Å². The number of nitrogens with one attached hydrogen (secondary N) is 3. The van der Waals surface area contributed by atoms with Gasteiger partial charge in [-0.05, 0) is 59.8 Å². The molecular weight excluding hydrogens is 573 g/mol. The Hall–Kier alpha value is -4.39. The van der Waals surface area contributed by atoms with Gasteiger partial charge < -0.3 is 30.2 Å². The highest BCUT2D eigenvalue weighted by molar-refractivity contribution is 7.17. The Labute approximate surface area is 252 Å². The first kappa shape index (κ1) is 30.1. The van der Waals surface area contributed by atoms with Crippen molar-refractivity contribution >= 4 is 33.4 Å². The topological polar surface area (TPSA) is 124 Å². The molecule has 0 spiro atoms. The molecule has 2 aromatic carbocycles. The molecule has 0 atom stereocenters. The van der Waals surface area contributed by atoms with Gasteiger partial charge in [-0.25, -0.2) is 9.18 Å². The van der Waals surface area contributed by atoms with Crippen molar-refractivity contribution in [2.45, 2.75) is 13.0 Å². The highest BCUT2D eigenvalue weighted by Gasteiger charge is 2.19. The van der Waals surface area contributed by atoms with Crippen LogP contribution >= 0.6 is 11.3 Å². The van der Waals surface area contributed by atoms with Gasteiger partial charge in [0, 0.05) is 35.7 Å². The number of benzene rings is 2. The van der Waals surface area contributed by atoms with Gasteiger partial charge in [0.1, 0.15) is 36.2 Å². The van der Waals surface area contributed by atoms with E-state index in [1.807, 2.05) is 11.4 Å². The third-order valence-electron chi connectivity index (χ3n) is 6.77. The molecule has 43 heavy (non-hydrogen) atoms. The van der Waals surface area contributed by atoms with Crippen LogP contribution in [0.1, 0.15) is 11.1 Å². The van der Waals surface area contributed by atoms with Crippen molar-refractivity contribution in [1.29, 1.82) is 0 Å². The Morgan fingerprint density at radius 3 is 2.74 bits per heavy atom. The van der Waals surface area contributed by atoms with Crippen molar-refractivity contribution in [2.75, 3.05) is 46.1 Å². The molecule has 3 N–H and O–H groups in total. The molecule has 0 saturated carbocycles. The van der Waals surface area contributed by atoms with Crippen LogP contribution in [-0.4, -0.2) is 68.3 Å². The fourth-order valence-electron chi connectivity index (χ4n) is 4.68. The van der Waals surface area contributed by atoms with Gasteiger partial charge in [-0.15, -0.1) is 21.5 Å². The molecule has 10 nitrogen and oxygen atoms in total. The van der Waals surface area contributed by atoms with E-state index in [2.05, 4.69) is 50.9 Å². The molecule has 2 amide bonds. The van der Waals surface area contributed by atoms with E-state index in [4.69, 9.17) is 14.2 Å². The first-order chi connectivity index (χ1) is 21.0. The Balaban J connectivity index is 1.17. The Morgan fingerprint density at radius 2 is 1.86 bits per heavy atom. The first-order valence-electron chi connectivity index (χ1n) is 13.9. The lowest BCUT2D eigenvalue weighted by Gasteiger charge is -2.18. The molecular formula is C31H32FN5O5S. The summed E-state index contributed by atoms with van der Waals surface area (Å²) in [4.78, 5) is 22.7. The molecule has 0 fully saturated rings. The number of hydrogen-bond donors (Lipinski definition) is 3. The monoisotopic (exact) mass is 605 g/mol. The molecule has 4 aromatic rings. The van der Waals surface area contributed by atoms with Gasteiger partial charge in [-0.2, -0.15) is 0 Å². The number of alkyl carbamates (subject to hydrolysis) is 1. The summed E-state index contributed by atoms with van der Waals surface area (Å²) in [5.41, 5.74) is 5.73. The van der Waals surface area contributed by atoms with Crippen molar-refractivity contribution < 1.29 is 28.2 Å². The van der Waals surface area contributed by atoms with Gasteiger partial charge in [-0.1, -0.05) is 18.7 Å². The molecule has 1 aliphatic heterocycles. The third kappa shape index (κ3) is 7.72. The second-order valence-corrected chi connectivity index (χ2v) is 10.5. The summed E-state index contributed by atoms with van der Waals surface area (Å²) in [6.07, 6.45) is 1.50. The van der Waals surface area contributed by atoms with E-state index in [-0.39, 0.29) is 45.4 Å². The maximum absolute atomic E-state index is 14.2. The Bertz CT molecular complexity index is 1610. The average molecular weight is 606 g/mol. The number of rotatable bonds is 13. The minimum absolute atomic E-state index is 0.0346. The van der Waals surface area contributed by atoms with Crippen LogP contribution in [0.5, 0.6) is 5.75 Å². The van der Waals surface area contributed by atoms with E-state index in [1.165, 1.54) is 23.3 Å². The third-order valence-corrected chi connectivity index (χ3v) is 7.69. The van der Waals surface area contributed by atoms with Gasteiger partial charge in [-0.3, -0.25) is 4.79 Å². The maximum Gasteiger partial charge on any atom is 0.407 e. The molecule has 3 heterocycles. The fraction of sp³-hybridized carbons (Fsp3) is 0.290. The minimum atomic E-state index is -0.618. The number of fused-ring (bicyclic) bond motifs is 2. The Kier molecular flexibility index (Phi) is 10.3. The molecule has 0 radical (unpaired) electrons. The van der Waals surface area contributed by atoms with Crippen LogP contribution in [0.15, 0.2) is 60.5 Å². The van der Waals surface area contributed by atoms with Crippen LogP contribution in [0.2, 0.25) is 0 Å². The predicted octanol–water partition coefficient (Wildman–Crippen LogP) is 4.23.